The van der Waals surface area contributed by atoms with Gasteiger partial charge in [0, 0.05) is 24.2 Å². The fourth-order valence-corrected chi connectivity index (χ4v) is 3.35. The molecule has 25 heavy (non-hydrogen) atoms. The first-order valence-corrected chi connectivity index (χ1v) is 8.48. The summed E-state index contributed by atoms with van der Waals surface area (Å²) in [5.41, 5.74) is 3.97. The Labute approximate surface area is 146 Å². The highest BCUT2D eigenvalue weighted by molar-refractivity contribution is 5.95. The molecule has 0 unspecified atom stereocenters. The monoisotopic (exact) mass is 333 g/mol. The third-order valence-corrected chi connectivity index (χ3v) is 4.92. The zero-order valence-corrected chi connectivity index (χ0v) is 14.4. The fourth-order valence-electron chi connectivity index (χ4n) is 3.35. The number of nitrogens with zero attached hydrogens (tertiary/aromatic N) is 5. The van der Waals surface area contributed by atoms with E-state index in [0.29, 0.717) is 24.2 Å². The van der Waals surface area contributed by atoms with Crippen molar-refractivity contribution < 1.29 is 4.79 Å². The van der Waals surface area contributed by atoms with E-state index in [1.165, 1.54) is 6.42 Å². The maximum absolute atomic E-state index is 12.9. The number of aryl methyl sites for hydroxylation is 2. The van der Waals surface area contributed by atoms with Crippen LogP contribution in [0.4, 0.5) is 5.82 Å². The fraction of sp³-hybridized carbons (Fsp3) is 0.368. The van der Waals surface area contributed by atoms with Crippen LogP contribution in [0.2, 0.25) is 0 Å². The quantitative estimate of drug-likeness (QED) is 0.843. The molecule has 6 heteroatoms. The third kappa shape index (κ3) is 2.62. The molecule has 1 aromatic carbocycles. The van der Waals surface area contributed by atoms with Crippen molar-refractivity contribution in [3.8, 4) is 6.07 Å². The minimum absolute atomic E-state index is 0.0679. The van der Waals surface area contributed by atoms with E-state index in [-0.39, 0.29) is 5.91 Å². The zero-order valence-electron chi connectivity index (χ0n) is 14.4. The Morgan fingerprint density at radius 2 is 2.00 bits per heavy atom. The van der Waals surface area contributed by atoms with Crippen molar-refractivity contribution in [3.63, 3.8) is 0 Å². The van der Waals surface area contributed by atoms with Crippen LogP contribution in [0, 0.1) is 25.2 Å². The van der Waals surface area contributed by atoms with Crippen molar-refractivity contribution in [2.75, 3.05) is 18.0 Å². The van der Waals surface area contributed by atoms with Gasteiger partial charge in [-0.25, -0.2) is 9.97 Å². The molecule has 0 atom stereocenters. The van der Waals surface area contributed by atoms with Crippen LogP contribution in [0.1, 0.15) is 45.0 Å². The van der Waals surface area contributed by atoms with Gasteiger partial charge in [-0.3, -0.25) is 4.79 Å². The van der Waals surface area contributed by atoms with Crippen LogP contribution in [-0.2, 0) is 13.1 Å². The van der Waals surface area contributed by atoms with Crippen molar-refractivity contribution in [1.82, 2.24) is 14.9 Å². The highest BCUT2D eigenvalue weighted by Gasteiger charge is 2.31. The minimum Gasteiger partial charge on any atom is -0.356 e. The van der Waals surface area contributed by atoms with Crippen molar-refractivity contribution in [2.45, 2.75) is 33.4 Å². The topological polar surface area (TPSA) is 73.1 Å². The molecule has 0 radical (unpaired) electrons. The number of carbonyl (C=O) groups excluding carboxylic acids is 1. The Balaban J connectivity index is 1.63. The maximum Gasteiger partial charge on any atom is 0.254 e. The lowest BCUT2D eigenvalue weighted by Gasteiger charge is -2.33. The first-order valence-electron chi connectivity index (χ1n) is 8.48. The average Bonchev–Trinajstić information content (AvgIpc) is 2.97. The van der Waals surface area contributed by atoms with Crippen LogP contribution in [0.25, 0.3) is 0 Å². The van der Waals surface area contributed by atoms with E-state index in [9.17, 15) is 10.1 Å². The number of hydrogen-bond donors (Lipinski definition) is 0. The molecule has 3 heterocycles. The van der Waals surface area contributed by atoms with E-state index < -0.39 is 0 Å². The Hall–Kier alpha value is -2.94. The van der Waals surface area contributed by atoms with Crippen molar-refractivity contribution in [3.05, 3.63) is 52.0 Å². The van der Waals surface area contributed by atoms with E-state index in [4.69, 9.17) is 0 Å². The van der Waals surface area contributed by atoms with Crippen LogP contribution in [-0.4, -0.2) is 33.9 Å². The van der Waals surface area contributed by atoms with Gasteiger partial charge < -0.3 is 9.80 Å². The van der Waals surface area contributed by atoms with Gasteiger partial charge in [-0.15, -0.1) is 0 Å². The second-order valence-electron chi connectivity index (χ2n) is 6.66. The van der Waals surface area contributed by atoms with Gasteiger partial charge in [0.05, 0.1) is 30.4 Å². The molecule has 1 fully saturated rings. The molecule has 0 N–H and O–H groups in total. The molecule has 1 saturated heterocycles. The van der Waals surface area contributed by atoms with Crippen molar-refractivity contribution >= 4 is 11.7 Å². The van der Waals surface area contributed by atoms with Gasteiger partial charge in [-0.2, -0.15) is 5.26 Å². The van der Waals surface area contributed by atoms with Gasteiger partial charge >= 0.3 is 0 Å². The van der Waals surface area contributed by atoms with Crippen LogP contribution in [0.5, 0.6) is 0 Å². The number of carbonyl (C=O) groups is 1. The SMILES string of the molecule is Cc1nc2c(c(N3CCC3)n1)CN(C(=O)c1ccc(C)c(C#N)c1)C2. The average molecular weight is 333 g/mol. The predicted octanol–water partition coefficient (Wildman–Crippen LogP) is 2.33. The smallest absolute Gasteiger partial charge is 0.254 e. The van der Waals surface area contributed by atoms with Gasteiger partial charge in [-0.05, 0) is 38.0 Å². The van der Waals surface area contributed by atoms with Gasteiger partial charge in [0.15, 0.2) is 0 Å². The number of fused-ring (bicyclic) bond motifs is 1. The van der Waals surface area contributed by atoms with Crippen molar-refractivity contribution in [2.24, 2.45) is 0 Å². The standard InChI is InChI=1S/C19H19N5O/c1-12-4-5-14(8-15(12)9-20)19(25)24-10-16-17(11-24)21-13(2)22-18(16)23-6-3-7-23/h4-5,8H,3,6-7,10-11H2,1-2H3. The lowest BCUT2D eigenvalue weighted by atomic mass is 10.1. The molecule has 2 aromatic rings. The van der Waals surface area contributed by atoms with Gasteiger partial charge in [0.25, 0.3) is 5.91 Å². The highest BCUT2D eigenvalue weighted by atomic mass is 16.2. The van der Waals surface area contributed by atoms with Crippen LogP contribution >= 0.6 is 0 Å². The van der Waals surface area contributed by atoms with E-state index >= 15 is 0 Å². The molecule has 6 nitrogen and oxygen atoms in total. The molecule has 0 spiro atoms. The first kappa shape index (κ1) is 15.6. The summed E-state index contributed by atoms with van der Waals surface area (Å²) in [6.45, 7) is 6.81. The Bertz CT molecular complexity index is 911. The second kappa shape index (κ2) is 5.85. The van der Waals surface area contributed by atoms with E-state index in [1.807, 2.05) is 19.9 Å². The number of nitriles is 1. The molecule has 0 saturated carbocycles. The number of anilines is 1. The Kier molecular flexibility index (Phi) is 3.65. The summed E-state index contributed by atoms with van der Waals surface area (Å²) in [5.74, 6) is 1.66. The summed E-state index contributed by atoms with van der Waals surface area (Å²) >= 11 is 0. The third-order valence-electron chi connectivity index (χ3n) is 4.92. The number of hydrogen-bond acceptors (Lipinski definition) is 5. The Morgan fingerprint density at radius 1 is 1.20 bits per heavy atom. The molecular weight excluding hydrogens is 314 g/mol. The second-order valence-corrected chi connectivity index (χ2v) is 6.66. The molecule has 1 aromatic heterocycles. The number of amides is 1. The largest absolute Gasteiger partial charge is 0.356 e. The molecule has 2 aliphatic heterocycles. The molecule has 0 aliphatic carbocycles. The molecule has 1 amide bonds. The van der Waals surface area contributed by atoms with Gasteiger partial charge in [0.1, 0.15) is 11.6 Å². The van der Waals surface area contributed by atoms with Crippen LogP contribution in [0.15, 0.2) is 18.2 Å². The van der Waals surface area contributed by atoms with E-state index in [1.54, 1.807) is 17.0 Å². The molecular formula is C19H19N5O. The summed E-state index contributed by atoms with van der Waals surface area (Å²) in [7, 11) is 0. The lowest BCUT2D eigenvalue weighted by Crippen LogP contribution is -2.38. The molecule has 0 bridgehead atoms. The first-order chi connectivity index (χ1) is 12.1. The number of rotatable bonds is 2. The maximum atomic E-state index is 12.9. The van der Waals surface area contributed by atoms with E-state index in [2.05, 4.69) is 20.9 Å². The molecule has 2 aliphatic rings. The van der Waals surface area contributed by atoms with Crippen LogP contribution in [0.3, 0.4) is 0 Å². The molecule has 4 rings (SSSR count). The number of benzene rings is 1. The normalized spacial score (nSPS) is 15.6. The van der Waals surface area contributed by atoms with Crippen molar-refractivity contribution in [1.29, 1.82) is 5.26 Å². The van der Waals surface area contributed by atoms with E-state index in [0.717, 1.165) is 41.6 Å². The van der Waals surface area contributed by atoms with Crippen LogP contribution < -0.4 is 4.90 Å². The van der Waals surface area contributed by atoms with Gasteiger partial charge in [0.2, 0.25) is 0 Å². The predicted molar refractivity (Wildman–Crippen MR) is 93.1 cm³/mol. The van der Waals surface area contributed by atoms with Gasteiger partial charge in [-0.1, -0.05) is 6.07 Å². The summed E-state index contributed by atoms with van der Waals surface area (Å²) in [6, 6.07) is 7.43. The minimum atomic E-state index is -0.0679. The Morgan fingerprint density at radius 3 is 2.68 bits per heavy atom. The summed E-state index contributed by atoms with van der Waals surface area (Å²) in [5, 5.41) is 9.19. The molecule has 126 valence electrons. The zero-order chi connectivity index (χ0) is 17.6. The summed E-state index contributed by atoms with van der Waals surface area (Å²) in [4.78, 5) is 26.1. The number of aromatic nitrogens is 2. The lowest BCUT2D eigenvalue weighted by molar-refractivity contribution is 0.0750. The highest BCUT2D eigenvalue weighted by Crippen LogP contribution is 2.32. The summed E-state index contributed by atoms with van der Waals surface area (Å²) < 4.78 is 0. The summed E-state index contributed by atoms with van der Waals surface area (Å²) in [6.07, 6.45) is 1.18.